The van der Waals surface area contributed by atoms with Gasteiger partial charge in [-0.3, -0.25) is 4.79 Å². The molecule has 0 saturated carbocycles. The fourth-order valence-electron chi connectivity index (χ4n) is 1.48. The molecule has 1 unspecified atom stereocenters. The number of carbonyl (C=O) groups is 1. The molecule has 0 aliphatic heterocycles. The van der Waals surface area contributed by atoms with E-state index < -0.39 is 7.60 Å². The summed E-state index contributed by atoms with van der Waals surface area (Å²) in [7, 11) is -3.59. The molecule has 0 rings (SSSR count). The van der Waals surface area contributed by atoms with Gasteiger partial charge in [-0.2, -0.15) is 0 Å². The molecule has 0 saturated heterocycles. The molecule has 0 heterocycles. The molecule has 0 aliphatic rings. The summed E-state index contributed by atoms with van der Waals surface area (Å²) in [6, 6.07) is 0. The van der Waals surface area contributed by atoms with Gasteiger partial charge in [0.05, 0.1) is 6.61 Å². The summed E-state index contributed by atoms with van der Waals surface area (Å²) in [6.45, 7) is 2.23. The summed E-state index contributed by atoms with van der Waals surface area (Å²) in [6.07, 6.45) is 4.24. The lowest BCUT2D eigenvalue weighted by Gasteiger charge is -2.17. The van der Waals surface area contributed by atoms with Crippen molar-refractivity contribution in [3.05, 3.63) is 10.4 Å². The smallest absolute Gasteiger partial charge is 0.219 e. The minimum atomic E-state index is -3.59. The second kappa shape index (κ2) is 11.7. The Morgan fingerprint density at radius 2 is 2.05 bits per heavy atom. The first-order chi connectivity index (χ1) is 9.45. The van der Waals surface area contributed by atoms with Crippen molar-refractivity contribution in [2.45, 2.75) is 38.5 Å². The van der Waals surface area contributed by atoms with Gasteiger partial charge in [0.25, 0.3) is 0 Å². The van der Waals surface area contributed by atoms with Gasteiger partial charge >= 0.3 is 0 Å². The van der Waals surface area contributed by atoms with Crippen LogP contribution in [-0.4, -0.2) is 32.3 Å². The van der Waals surface area contributed by atoms with E-state index in [9.17, 15) is 14.3 Å². The van der Waals surface area contributed by atoms with Gasteiger partial charge in [0.1, 0.15) is 7.60 Å². The van der Waals surface area contributed by atoms with Crippen LogP contribution in [0.25, 0.3) is 10.4 Å². The molecule has 0 fully saturated rings. The molecule has 1 N–H and O–H groups in total. The number of azide groups is 1. The zero-order valence-electron chi connectivity index (χ0n) is 11.8. The van der Waals surface area contributed by atoms with Gasteiger partial charge in [0.15, 0.2) is 0 Å². The topological polar surface area (TPSA) is 127 Å². The van der Waals surface area contributed by atoms with Gasteiger partial charge in [-0.25, -0.2) is 0 Å². The van der Waals surface area contributed by atoms with E-state index in [1.54, 1.807) is 0 Å². The zero-order valence-corrected chi connectivity index (χ0v) is 12.7. The third-order valence-corrected chi connectivity index (χ3v) is 3.10. The fourth-order valence-corrected chi connectivity index (χ4v) is 1.94. The Hall–Kier alpha value is -1.07. The summed E-state index contributed by atoms with van der Waals surface area (Å²) < 4.78 is 15.3. The Morgan fingerprint density at radius 3 is 2.70 bits per heavy atom. The third-order valence-electron chi connectivity index (χ3n) is 2.44. The average molecular weight is 305 g/mol. The number of hydrogen-bond acceptors (Lipinski definition) is 5. The Kier molecular flexibility index (Phi) is 11.1. The standard InChI is InChI=1S/C11H23N4O4P/c1-20(17,18)19-10-5-3-2-4-8-13-11(16)7-6-9-14-15-12/h2-10H2,1H3,(H,13,16)(H,17,18)/p-1. The van der Waals surface area contributed by atoms with Crippen LogP contribution in [0.15, 0.2) is 5.11 Å². The van der Waals surface area contributed by atoms with Crippen molar-refractivity contribution in [3.63, 3.8) is 0 Å². The molecule has 0 bridgehead atoms. The monoisotopic (exact) mass is 305 g/mol. The third kappa shape index (κ3) is 15.0. The van der Waals surface area contributed by atoms with Gasteiger partial charge in [-0.1, -0.05) is 18.0 Å². The average Bonchev–Trinajstić information content (AvgIpc) is 2.36. The van der Waals surface area contributed by atoms with E-state index in [1.165, 1.54) is 0 Å². The second-order valence-corrected chi connectivity index (χ2v) is 6.23. The predicted molar refractivity (Wildman–Crippen MR) is 74.2 cm³/mol. The second-order valence-electron chi connectivity index (χ2n) is 4.43. The van der Waals surface area contributed by atoms with E-state index in [4.69, 9.17) is 5.53 Å². The summed E-state index contributed by atoms with van der Waals surface area (Å²) in [5, 5.41) is 6.12. The Labute approximate surface area is 119 Å². The lowest BCUT2D eigenvalue weighted by molar-refractivity contribution is -0.196. The van der Waals surface area contributed by atoms with Crippen molar-refractivity contribution in [1.29, 1.82) is 0 Å². The lowest BCUT2D eigenvalue weighted by atomic mass is 10.2. The van der Waals surface area contributed by atoms with Crippen LogP contribution in [0.3, 0.4) is 0 Å². The molecule has 116 valence electrons. The molecule has 1 atom stereocenters. The van der Waals surface area contributed by atoms with Crippen LogP contribution in [0.2, 0.25) is 0 Å². The number of nitrogens with one attached hydrogen (secondary N) is 1. The fraction of sp³-hybridized carbons (Fsp3) is 0.909. The van der Waals surface area contributed by atoms with Crippen molar-refractivity contribution in [2.75, 3.05) is 26.4 Å². The van der Waals surface area contributed by atoms with Gasteiger partial charge in [-0.15, -0.1) is 0 Å². The molecular weight excluding hydrogens is 283 g/mol. The Balaban J connectivity index is 3.29. The van der Waals surface area contributed by atoms with Gasteiger partial charge < -0.3 is 19.3 Å². The van der Waals surface area contributed by atoms with Crippen molar-refractivity contribution in [1.82, 2.24) is 5.32 Å². The number of carbonyl (C=O) groups excluding carboxylic acids is 1. The summed E-state index contributed by atoms with van der Waals surface area (Å²) in [5.41, 5.74) is 8.05. The molecule has 8 nitrogen and oxygen atoms in total. The number of nitrogens with zero attached hydrogens (tertiary/aromatic N) is 3. The van der Waals surface area contributed by atoms with E-state index in [2.05, 4.69) is 19.9 Å². The van der Waals surface area contributed by atoms with Crippen LogP contribution < -0.4 is 10.2 Å². The lowest BCUT2D eigenvalue weighted by Crippen LogP contribution is -2.24. The highest BCUT2D eigenvalue weighted by Crippen LogP contribution is 2.30. The highest BCUT2D eigenvalue weighted by atomic mass is 31.2. The van der Waals surface area contributed by atoms with Crippen LogP contribution in [0.4, 0.5) is 0 Å². The van der Waals surface area contributed by atoms with E-state index >= 15 is 0 Å². The SMILES string of the molecule is CP(=O)([O-])OCCCCCCNC(=O)CCCN=[N+]=[N-]. The van der Waals surface area contributed by atoms with Crippen LogP contribution >= 0.6 is 7.60 Å². The first kappa shape index (κ1) is 18.9. The minimum absolute atomic E-state index is 0.0419. The number of amides is 1. The molecule has 0 radical (unpaired) electrons. The van der Waals surface area contributed by atoms with Gasteiger partial charge in [0, 0.05) is 31.1 Å². The highest BCUT2D eigenvalue weighted by molar-refractivity contribution is 7.50. The van der Waals surface area contributed by atoms with Crippen LogP contribution in [0.5, 0.6) is 0 Å². The quantitative estimate of drug-likeness (QED) is 0.194. The van der Waals surface area contributed by atoms with Crippen molar-refractivity contribution < 1.29 is 18.8 Å². The molecule has 0 aromatic rings. The number of rotatable bonds is 12. The van der Waals surface area contributed by atoms with Crippen LogP contribution in [-0.2, 0) is 13.9 Å². The molecule has 0 spiro atoms. The summed E-state index contributed by atoms with van der Waals surface area (Å²) in [4.78, 5) is 24.6. The highest BCUT2D eigenvalue weighted by Gasteiger charge is 2.00. The number of unbranched alkanes of at least 4 members (excludes halogenated alkanes) is 3. The molecule has 20 heavy (non-hydrogen) atoms. The van der Waals surface area contributed by atoms with Crippen LogP contribution in [0.1, 0.15) is 38.5 Å². The molecule has 0 aromatic heterocycles. The van der Waals surface area contributed by atoms with Gasteiger partial charge in [-0.05, 0) is 24.8 Å². The zero-order chi connectivity index (χ0) is 15.3. The van der Waals surface area contributed by atoms with E-state index in [0.717, 1.165) is 25.9 Å². The van der Waals surface area contributed by atoms with E-state index in [-0.39, 0.29) is 12.5 Å². The molecule has 1 amide bonds. The largest absolute Gasteiger partial charge is 0.779 e. The molecule has 0 aromatic carbocycles. The maximum atomic E-state index is 11.3. The summed E-state index contributed by atoms with van der Waals surface area (Å²) >= 11 is 0. The van der Waals surface area contributed by atoms with Crippen molar-refractivity contribution >= 4 is 13.5 Å². The summed E-state index contributed by atoms with van der Waals surface area (Å²) in [5.74, 6) is -0.0419. The van der Waals surface area contributed by atoms with E-state index in [1.807, 2.05) is 0 Å². The Morgan fingerprint density at radius 1 is 1.35 bits per heavy atom. The predicted octanol–water partition coefficient (Wildman–Crippen LogP) is 1.95. The normalized spacial score (nSPS) is 13.3. The molecule has 9 heteroatoms. The van der Waals surface area contributed by atoms with Gasteiger partial charge in [0.2, 0.25) is 5.91 Å². The minimum Gasteiger partial charge on any atom is -0.779 e. The van der Waals surface area contributed by atoms with E-state index in [0.29, 0.717) is 32.4 Å². The first-order valence-electron chi connectivity index (χ1n) is 6.66. The maximum Gasteiger partial charge on any atom is 0.219 e. The molecular formula is C11H22N4O4P-. The van der Waals surface area contributed by atoms with Crippen molar-refractivity contribution in [3.8, 4) is 0 Å². The van der Waals surface area contributed by atoms with Crippen LogP contribution in [0, 0.1) is 0 Å². The molecule has 0 aliphatic carbocycles. The number of hydrogen-bond donors (Lipinski definition) is 1. The van der Waals surface area contributed by atoms with Crippen molar-refractivity contribution in [2.24, 2.45) is 5.11 Å². The Bertz CT molecular complexity index is 365. The first-order valence-corrected chi connectivity index (χ1v) is 8.65. The maximum absolute atomic E-state index is 11.3.